The van der Waals surface area contributed by atoms with Crippen LogP contribution in [-0.2, 0) is 4.79 Å². The second kappa shape index (κ2) is 6.52. The molecule has 0 atom stereocenters. The first kappa shape index (κ1) is 13.0. The molecule has 0 fully saturated rings. The maximum Gasteiger partial charge on any atom is 0.277 e. The molecule has 1 heterocycles. The van der Waals surface area contributed by atoms with Crippen molar-refractivity contribution in [2.75, 3.05) is 19.3 Å². The highest BCUT2D eigenvalue weighted by Crippen LogP contribution is 2.15. The predicted molar refractivity (Wildman–Crippen MR) is 62.3 cm³/mol. The van der Waals surface area contributed by atoms with Crippen LogP contribution in [0.2, 0.25) is 0 Å². The van der Waals surface area contributed by atoms with Crippen LogP contribution < -0.4 is 0 Å². The van der Waals surface area contributed by atoms with Crippen molar-refractivity contribution in [2.45, 2.75) is 31.9 Å². The van der Waals surface area contributed by atoms with Crippen molar-refractivity contribution in [2.24, 2.45) is 0 Å². The average molecular weight is 243 g/mol. The van der Waals surface area contributed by atoms with E-state index in [-0.39, 0.29) is 5.91 Å². The Hall–Kier alpha value is -1.04. The summed E-state index contributed by atoms with van der Waals surface area (Å²) >= 11 is 1.28. The Balaban J connectivity index is 2.29. The number of carbonyl (C=O) groups excluding carboxylic acids is 1. The number of rotatable bonds is 6. The molecule has 0 unspecified atom stereocenters. The van der Waals surface area contributed by atoms with E-state index in [0.29, 0.717) is 16.9 Å². The van der Waals surface area contributed by atoms with Gasteiger partial charge in [0.1, 0.15) is 0 Å². The van der Waals surface area contributed by atoms with Crippen LogP contribution in [0.1, 0.15) is 25.7 Å². The first-order valence-electron chi connectivity index (χ1n) is 5.30. The van der Waals surface area contributed by atoms with E-state index in [4.69, 9.17) is 4.42 Å². The summed E-state index contributed by atoms with van der Waals surface area (Å²) < 4.78 is 5.16. The lowest BCUT2D eigenvalue weighted by Crippen LogP contribution is -2.29. The number of thioether (sulfide) groups is 1. The Kier molecular flexibility index (Phi) is 5.31. The number of aryl methyl sites for hydroxylation is 1. The van der Waals surface area contributed by atoms with Crippen molar-refractivity contribution in [3.8, 4) is 0 Å². The highest BCUT2D eigenvalue weighted by atomic mass is 32.2. The van der Waals surface area contributed by atoms with Gasteiger partial charge in [0.2, 0.25) is 11.8 Å². The van der Waals surface area contributed by atoms with Gasteiger partial charge in [0.15, 0.2) is 0 Å². The number of unbranched alkanes of at least 4 members (excludes halogenated alkanes) is 1. The summed E-state index contributed by atoms with van der Waals surface area (Å²) in [5.74, 6) is 0.963. The molecule has 0 aliphatic carbocycles. The van der Waals surface area contributed by atoms with E-state index in [1.165, 1.54) is 11.8 Å². The van der Waals surface area contributed by atoms with Crippen molar-refractivity contribution in [3.63, 3.8) is 0 Å². The lowest BCUT2D eigenvalue weighted by atomic mass is 10.3. The summed E-state index contributed by atoms with van der Waals surface area (Å²) in [6.45, 7) is 4.64. The quantitative estimate of drug-likeness (QED) is 0.712. The lowest BCUT2D eigenvalue weighted by molar-refractivity contribution is -0.127. The summed E-state index contributed by atoms with van der Waals surface area (Å²) in [7, 11) is 1.82. The maximum absolute atomic E-state index is 11.6. The molecule has 6 heteroatoms. The van der Waals surface area contributed by atoms with Crippen molar-refractivity contribution in [1.29, 1.82) is 0 Å². The molecule has 0 aromatic carbocycles. The minimum atomic E-state index is 0.0919. The molecule has 0 spiro atoms. The van der Waals surface area contributed by atoms with Gasteiger partial charge in [0.25, 0.3) is 5.22 Å². The van der Waals surface area contributed by atoms with E-state index >= 15 is 0 Å². The molecule has 1 aromatic rings. The van der Waals surface area contributed by atoms with E-state index in [1.54, 1.807) is 11.8 Å². The zero-order valence-electron chi connectivity index (χ0n) is 9.89. The number of aromatic nitrogens is 2. The number of nitrogens with zero attached hydrogens (tertiary/aromatic N) is 3. The second-order valence-corrected chi connectivity index (χ2v) is 4.47. The van der Waals surface area contributed by atoms with Crippen LogP contribution in [0.25, 0.3) is 0 Å². The zero-order valence-corrected chi connectivity index (χ0v) is 10.7. The molecular formula is C10H17N3O2S. The molecule has 1 amide bonds. The molecule has 5 nitrogen and oxygen atoms in total. The van der Waals surface area contributed by atoms with Crippen LogP contribution in [0, 0.1) is 6.92 Å². The minimum Gasteiger partial charge on any atom is -0.416 e. The summed E-state index contributed by atoms with van der Waals surface area (Å²) in [4.78, 5) is 13.4. The van der Waals surface area contributed by atoms with Gasteiger partial charge in [-0.1, -0.05) is 25.1 Å². The van der Waals surface area contributed by atoms with Crippen LogP contribution in [0.4, 0.5) is 0 Å². The fourth-order valence-corrected chi connectivity index (χ4v) is 1.84. The Morgan fingerprint density at radius 3 is 2.81 bits per heavy atom. The highest BCUT2D eigenvalue weighted by molar-refractivity contribution is 7.99. The Labute approximate surface area is 99.6 Å². The number of amides is 1. The molecule has 16 heavy (non-hydrogen) atoms. The largest absolute Gasteiger partial charge is 0.416 e. The Morgan fingerprint density at radius 2 is 2.25 bits per heavy atom. The summed E-state index contributed by atoms with van der Waals surface area (Å²) in [6.07, 6.45) is 2.13. The predicted octanol–water partition coefficient (Wildman–Crippen LogP) is 1.73. The monoisotopic (exact) mass is 243 g/mol. The maximum atomic E-state index is 11.6. The third kappa shape index (κ3) is 4.22. The topological polar surface area (TPSA) is 59.2 Å². The number of hydrogen-bond acceptors (Lipinski definition) is 5. The van der Waals surface area contributed by atoms with E-state index < -0.39 is 0 Å². The fraction of sp³-hybridized carbons (Fsp3) is 0.700. The van der Waals surface area contributed by atoms with Gasteiger partial charge in [-0.2, -0.15) is 0 Å². The minimum absolute atomic E-state index is 0.0919. The van der Waals surface area contributed by atoms with Gasteiger partial charge in [-0.15, -0.1) is 10.2 Å². The fourth-order valence-electron chi connectivity index (χ4n) is 1.09. The van der Waals surface area contributed by atoms with Gasteiger partial charge in [-0.05, 0) is 6.42 Å². The van der Waals surface area contributed by atoms with Gasteiger partial charge < -0.3 is 9.32 Å². The Bertz CT molecular complexity index is 341. The zero-order chi connectivity index (χ0) is 12.0. The summed E-state index contributed by atoms with van der Waals surface area (Å²) in [6, 6.07) is 0. The standard InChI is InChI=1S/C10H17N3O2S/c1-4-5-6-13(3)9(14)7-16-10-12-11-8(2)15-10/h4-7H2,1-3H3. The van der Waals surface area contributed by atoms with Crippen LogP contribution >= 0.6 is 11.8 Å². The first-order chi connectivity index (χ1) is 7.63. The van der Waals surface area contributed by atoms with Crippen LogP contribution in [0.5, 0.6) is 0 Å². The van der Waals surface area contributed by atoms with E-state index in [1.807, 2.05) is 7.05 Å². The molecule has 1 aromatic heterocycles. The Morgan fingerprint density at radius 1 is 1.50 bits per heavy atom. The van der Waals surface area contributed by atoms with Gasteiger partial charge in [-0.25, -0.2) is 0 Å². The van der Waals surface area contributed by atoms with Gasteiger partial charge in [0, 0.05) is 20.5 Å². The molecule has 0 bridgehead atoms. The molecule has 0 aliphatic heterocycles. The van der Waals surface area contributed by atoms with Crippen molar-refractivity contribution in [3.05, 3.63) is 5.89 Å². The lowest BCUT2D eigenvalue weighted by Gasteiger charge is -2.15. The van der Waals surface area contributed by atoms with Gasteiger partial charge >= 0.3 is 0 Å². The van der Waals surface area contributed by atoms with E-state index in [2.05, 4.69) is 17.1 Å². The molecule has 90 valence electrons. The molecule has 0 saturated carbocycles. The van der Waals surface area contributed by atoms with E-state index in [9.17, 15) is 4.79 Å². The molecule has 0 N–H and O–H groups in total. The highest BCUT2D eigenvalue weighted by Gasteiger charge is 2.11. The van der Waals surface area contributed by atoms with Crippen LogP contribution in [0.3, 0.4) is 0 Å². The van der Waals surface area contributed by atoms with E-state index in [0.717, 1.165) is 19.4 Å². The summed E-state index contributed by atoms with van der Waals surface area (Å²) in [5, 5.41) is 7.96. The molecular weight excluding hydrogens is 226 g/mol. The van der Waals surface area contributed by atoms with Crippen molar-refractivity contribution >= 4 is 17.7 Å². The normalized spacial score (nSPS) is 10.4. The smallest absolute Gasteiger partial charge is 0.277 e. The SMILES string of the molecule is CCCCN(C)C(=O)CSc1nnc(C)o1. The van der Waals surface area contributed by atoms with Gasteiger partial charge in [0.05, 0.1) is 5.75 Å². The first-order valence-corrected chi connectivity index (χ1v) is 6.29. The van der Waals surface area contributed by atoms with Crippen LogP contribution in [0.15, 0.2) is 9.64 Å². The molecule has 0 radical (unpaired) electrons. The molecule has 1 rings (SSSR count). The van der Waals surface area contributed by atoms with Crippen LogP contribution in [-0.4, -0.2) is 40.3 Å². The third-order valence-electron chi connectivity index (χ3n) is 2.10. The summed E-state index contributed by atoms with van der Waals surface area (Å²) in [5.41, 5.74) is 0. The van der Waals surface area contributed by atoms with Crippen molar-refractivity contribution in [1.82, 2.24) is 15.1 Å². The third-order valence-corrected chi connectivity index (χ3v) is 2.90. The second-order valence-electron chi connectivity index (χ2n) is 3.54. The number of hydrogen-bond donors (Lipinski definition) is 0. The number of carbonyl (C=O) groups is 1. The molecule has 0 saturated heterocycles. The molecule has 0 aliphatic rings. The van der Waals surface area contributed by atoms with Gasteiger partial charge in [-0.3, -0.25) is 4.79 Å². The van der Waals surface area contributed by atoms with Crippen molar-refractivity contribution < 1.29 is 9.21 Å². The average Bonchev–Trinajstić information content (AvgIpc) is 2.68.